The fourth-order valence-electron chi connectivity index (χ4n) is 4.36. The van der Waals surface area contributed by atoms with E-state index in [0.29, 0.717) is 26.3 Å². The zero-order chi connectivity index (χ0) is 21.6. The highest BCUT2D eigenvalue weighted by molar-refractivity contribution is 7.10. The van der Waals surface area contributed by atoms with Gasteiger partial charge in [-0.25, -0.2) is 0 Å². The van der Waals surface area contributed by atoms with Crippen molar-refractivity contribution in [3.05, 3.63) is 52.7 Å². The van der Waals surface area contributed by atoms with E-state index in [4.69, 9.17) is 4.74 Å². The molecule has 2 amide bonds. The van der Waals surface area contributed by atoms with Crippen molar-refractivity contribution in [2.75, 3.05) is 57.4 Å². The topological polar surface area (TPSA) is 65.1 Å². The number of rotatable bonds is 5. The number of amides is 2. The molecule has 0 saturated carbocycles. The van der Waals surface area contributed by atoms with E-state index in [0.717, 1.165) is 26.2 Å². The van der Waals surface area contributed by atoms with E-state index >= 15 is 0 Å². The van der Waals surface area contributed by atoms with Gasteiger partial charge in [-0.1, -0.05) is 24.3 Å². The number of hydrogen-bond donors (Lipinski definition) is 1. The Morgan fingerprint density at radius 2 is 1.68 bits per heavy atom. The Hall–Kier alpha value is -2.42. The van der Waals surface area contributed by atoms with Gasteiger partial charge in [0.05, 0.1) is 19.3 Å². The molecule has 166 valence electrons. The summed E-state index contributed by atoms with van der Waals surface area (Å²) < 4.78 is 5.28. The summed E-state index contributed by atoms with van der Waals surface area (Å²) in [4.78, 5) is 32.8. The van der Waals surface area contributed by atoms with Crippen molar-refractivity contribution < 1.29 is 14.3 Å². The minimum atomic E-state index is -0.529. The highest BCUT2D eigenvalue weighted by Gasteiger charge is 2.33. The number of piperazine rings is 1. The van der Waals surface area contributed by atoms with Crippen molar-refractivity contribution in [2.24, 2.45) is 0 Å². The standard InChI is InChI=1S/C23H30N4O3S/c1-18(24-22(28)23(29)27-13-15-30-16-14-27)21(20-8-5-17-31-20)26-11-9-25(10-12-26)19-6-3-2-4-7-19/h2-8,17-18,21H,9-16H2,1H3,(H,24,28)/t18-,21+/m1/s1. The smallest absolute Gasteiger partial charge is 0.312 e. The van der Waals surface area contributed by atoms with Crippen LogP contribution in [-0.2, 0) is 14.3 Å². The molecule has 2 atom stereocenters. The SMILES string of the molecule is C[C@@H](NC(=O)C(=O)N1CCOCC1)[C@@H](c1cccs1)N1CCN(c2ccccc2)CC1. The molecule has 2 aliphatic rings. The number of nitrogens with zero attached hydrogens (tertiary/aromatic N) is 3. The highest BCUT2D eigenvalue weighted by Crippen LogP contribution is 2.30. The van der Waals surface area contributed by atoms with Crippen molar-refractivity contribution in [3.8, 4) is 0 Å². The van der Waals surface area contributed by atoms with Gasteiger partial charge < -0.3 is 19.9 Å². The summed E-state index contributed by atoms with van der Waals surface area (Å²) in [5, 5.41) is 5.05. The third-order valence-corrected chi connectivity index (χ3v) is 6.93. The summed E-state index contributed by atoms with van der Waals surface area (Å²) in [6, 6.07) is 14.5. The van der Waals surface area contributed by atoms with E-state index in [2.05, 4.69) is 50.8 Å². The van der Waals surface area contributed by atoms with Crippen LogP contribution in [0.25, 0.3) is 0 Å². The molecular formula is C23H30N4O3S. The van der Waals surface area contributed by atoms with Gasteiger partial charge in [-0.2, -0.15) is 0 Å². The average Bonchev–Trinajstić information content (AvgIpc) is 3.34. The van der Waals surface area contributed by atoms with Crippen molar-refractivity contribution in [3.63, 3.8) is 0 Å². The predicted octanol–water partition coefficient (Wildman–Crippen LogP) is 1.97. The van der Waals surface area contributed by atoms with E-state index in [1.54, 1.807) is 16.2 Å². The number of hydrogen-bond acceptors (Lipinski definition) is 6. The first kappa shape index (κ1) is 21.8. The van der Waals surface area contributed by atoms with Crippen LogP contribution in [0.15, 0.2) is 47.8 Å². The maximum Gasteiger partial charge on any atom is 0.312 e. The van der Waals surface area contributed by atoms with Gasteiger partial charge in [-0.05, 0) is 30.5 Å². The van der Waals surface area contributed by atoms with Crippen LogP contribution in [-0.4, -0.2) is 80.1 Å². The normalized spacial score (nSPS) is 19.6. The molecule has 1 N–H and O–H groups in total. The van der Waals surface area contributed by atoms with Crippen LogP contribution < -0.4 is 10.2 Å². The lowest BCUT2D eigenvalue weighted by atomic mass is 10.0. The molecular weight excluding hydrogens is 412 g/mol. The van der Waals surface area contributed by atoms with Gasteiger partial charge >= 0.3 is 11.8 Å². The Morgan fingerprint density at radius 3 is 2.32 bits per heavy atom. The molecule has 3 heterocycles. The monoisotopic (exact) mass is 442 g/mol. The number of anilines is 1. The van der Waals surface area contributed by atoms with Crippen molar-refractivity contribution >= 4 is 28.8 Å². The highest BCUT2D eigenvalue weighted by atomic mass is 32.1. The molecule has 0 spiro atoms. The Bertz CT molecular complexity index is 847. The Kier molecular flexibility index (Phi) is 7.21. The van der Waals surface area contributed by atoms with Crippen molar-refractivity contribution in [1.82, 2.24) is 15.1 Å². The summed E-state index contributed by atoms with van der Waals surface area (Å²) in [7, 11) is 0. The number of carbonyl (C=O) groups excluding carboxylic acids is 2. The minimum absolute atomic E-state index is 0.0411. The minimum Gasteiger partial charge on any atom is -0.378 e. The second kappa shape index (κ2) is 10.3. The van der Waals surface area contributed by atoms with E-state index in [1.807, 2.05) is 19.1 Å². The van der Waals surface area contributed by atoms with Crippen LogP contribution in [0.5, 0.6) is 0 Å². The summed E-state index contributed by atoms with van der Waals surface area (Å²) in [6.07, 6.45) is 0. The van der Waals surface area contributed by atoms with Gasteiger partial charge in [0, 0.05) is 55.9 Å². The molecule has 31 heavy (non-hydrogen) atoms. The summed E-state index contributed by atoms with van der Waals surface area (Å²) in [5.74, 6) is -0.993. The molecule has 4 rings (SSSR count). The molecule has 2 aliphatic heterocycles. The summed E-state index contributed by atoms with van der Waals surface area (Å²) >= 11 is 1.70. The third-order valence-electron chi connectivity index (χ3n) is 5.99. The van der Waals surface area contributed by atoms with Crippen molar-refractivity contribution in [2.45, 2.75) is 19.0 Å². The molecule has 0 unspecified atom stereocenters. The number of ether oxygens (including phenoxy) is 1. The van der Waals surface area contributed by atoms with Crippen LogP contribution in [0.3, 0.4) is 0 Å². The second-order valence-corrected chi connectivity index (χ2v) is 8.96. The summed E-state index contributed by atoms with van der Waals surface area (Å²) in [5.41, 5.74) is 1.24. The first-order valence-electron chi connectivity index (χ1n) is 10.9. The van der Waals surface area contributed by atoms with Crippen LogP contribution in [0.4, 0.5) is 5.69 Å². The Labute approximate surface area is 187 Å². The number of morpholine rings is 1. The van der Waals surface area contributed by atoms with Crippen LogP contribution in [0, 0.1) is 0 Å². The number of para-hydroxylation sites is 1. The fraction of sp³-hybridized carbons (Fsp3) is 0.478. The van der Waals surface area contributed by atoms with Crippen molar-refractivity contribution in [1.29, 1.82) is 0 Å². The molecule has 2 saturated heterocycles. The third kappa shape index (κ3) is 5.26. The zero-order valence-electron chi connectivity index (χ0n) is 17.9. The lowest BCUT2D eigenvalue weighted by molar-refractivity contribution is -0.149. The molecule has 0 aliphatic carbocycles. The fourth-order valence-corrected chi connectivity index (χ4v) is 5.32. The lowest BCUT2D eigenvalue weighted by Crippen LogP contribution is -2.54. The predicted molar refractivity (Wildman–Crippen MR) is 122 cm³/mol. The van der Waals surface area contributed by atoms with E-state index in [1.165, 1.54) is 10.6 Å². The molecule has 2 fully saturated rings. The van der Waals surface area contributed by atoms with E-state index in [-0.39, 0.29) is 12.1 Å². The first-order chi connectivity index (χ1) is 15.1. The molecule has 1 aromatic heterocycles. The number of thiophene rings is 1. The largest absolute Gasteiger partial charge is 0.378 e. The van der Waals surface area contributed by atoms with Crippen LogP contribution in [0.1, 0.15) is 17.8 Å². The maximum absolute atomic E-state index is 12.7. The van der Waals surface area contributed by atoms with Gasteiger partial charge in [0.2, 0.25) is 0 Å². The Morgan fingerprint density at radius 1 is 0.968 bits per heavy atom. The molecule has 7 nitrogen and oxygen atoms in total. The molecule has 0 bridgehead atoms. The van der Waals surface area contributed by atoms with E-state index in [9.17, 15) is 9.59 Å². The number of nitrogens with one attached hydrogen (secondary N) is 1. The molecule has 0 radical (unpaired) electrons. The lowest BCUT2D eigenvalue weighted by Gasteiger charge is -2.42. The maximum atomic E-state index is 12.7. The zero-order valence-corrected chi connectivity index (χ0v) is 18.7. The Balaban J connectivity index is 1.41. The first-order valence-corrected chi connectivity index (χ1v) is 11.8. The van der Waals surface area contributed by atoms with Gasteiger partial charge in [0.25, 0.3) is 0 Å². The molecule has 8 heteroatoms. The number of carbonyl (C=O) groups is 2. The molecule has 2 aromatic rings. The van der Waals surface area contributed by atoms with Crippen LogP contribution in [0.2, 0.25) is 0 Å². The quantitative estimate of drug-likeness (QED) is 0.718. The van der Waals surface area contributed by atoms with Gasteiger partial charge in [0.1, 0.15) is 0 Å². The van der Waals surface area contributed by atoms with Crippen LogP contribution >= 0.6 is 11.3 Å². The second-order valence-electron chi connectivity index (χ2n) is 7.99. The van der Waals surface area contributed by atoms with Gasteiger partial charge in [-0.15, -0.1) is 11.3 Å². The van der Waals surface area contributed by atoms with Gasteiger partial charge in [0.15, 0.2) is 0 Å². The van der Waals surface area contributed by atoms with E-state index < -0.39 is 11.8 Å². The molecule has 1 aromatic carbocycles. The number of benzene rings is 1. The average molecular weight is 443 g/mol. The summed E-state index contributed by atoms with van der Waals surface area (Å²) in [6.45, 7) is 7.56. The van der Waals surface area contributed by atoms with Gasteiger partial charge in [-0.3, -0.25) is 14.5 Å².